The Labute approximate surface area is 72.0 Å². The molecule has 0 fully saturated rings. The molecule has 0 saturated carbocycles. The van der Waals surface area contributed by atoms with Crippen molar-refractivity contribution in [3.05, 3.63) is 24.4 Å². The van der Waals surface area contributed by atoms with Crippen molar-refractivity contribution in [3.8, 4) is 5.88 Å². The molecule has 0 aliphatic carbocycles. The molecule has 1 rings (SSSR count). The summed E-state index contributed by atoms with van der Waals surface area (Å²) < 4.78 is 5.25. The van der Waals surface area contributed by atoms with E-state index in [0.717, 1.165) is 0 Å². The van der Waals surface area contributed by atoms with Crippen molar-refractivity contribution in [1.29, 1.82) is 0 Å². The van der Waals surface area contributed by atoms with E-state index in [2.05, 4.69) is 4.98 Å². The Hall–Kier alpha value is -1.09. The molecule has 0 spiro atoms. The molecule has 1 atom stereocenters. The zero-order chi connectivity index (χ0) is 8.81. The molecule has 0 amide bonds. The third-order valence-electron chi connectivity index (χ3n) is 1.42. The molecule has 66 valence electrons. The minimum absolute atomic E-state index is 0.311. The SMILES string of the molecule is CC(O)CCOc1ccccn1. The van der Waals surface area contributed by atoms with E-state index < -0.39 is 0 Å². The summed E-state index contributed by atoms with van der Waals surface area (Å²) >= 11 is 0. The molecule has 1 aromatic heterocycles. The quantitative estimate of drug-likeness (QED) is 0.733. The van der Waals surface area contributed by atoms with Crippen LogP contribution in [-0.4, -0.2) is 22.8 Å². The minimum atomic E-state index is -0.311. The highest BCUT2D eigenvalue weighted by Gasteiger charge is 1.96. The van der Waals surface area contributed by atoms with Gasteiger partial charge in [0.1, 0.15) is 0 Å². The van der Waals surface area contributed by atoms with Crippen LogP contribution in [0.3, 0.4) is 0 Å². The first-order chi connectivity index (χ1) is 5.79. The molecule has 3 heteroatoms. The molecule has 1 heterocycles. The minimum Gasteiger partial charge on any atom is -0.478 e. The van der Waals surface area contributed by atoms with Gasteiger partial charge in [-0.25, -0.2) is 4.98 Å². The second-order valence-corrected chi connectivity index (χ2v) is 2.65. The van der Waals surface area contributed by atoms with Gasteiger partial charge in [-0.05, 0) is 13.0 Å². The summed E-state index contributed by atoms with van der Waals surface area (Å²) in [5.41, 5.74) is 0. The largest absolute Gasteiger partial charge is 0.478 e. The lowest BCUT2D eigenvalue weighted by Gasteiger charge is -2.05. The van der Waals surface area contributed by atoms with Crippen LogP contribution in [0.5, 0.6) is 5.88 Å². The van der Waals surface area contributed by atoms with Gasteiger partial charge >= 0.3 is 0 Å². The molecular weight excluding hydrogens is 154 g/mol. The molecule has 0 saturated heterocycles. The summed E-state index contributed by atoms with van der Waals surface area (Å²) in [6.45, 7) is 2.25. The van der Waals surface area contributed by atoms with Crippen LogP contribution in [0.2, 0.25) is 0 Å². The van der Waals surface area contributed by atoms with Crippen molar-refractivity contribution in [3.63, 3.8) is 0 Å². The van der Waals surface area contributed by atoms with E-state index in [1.165, 1.54) is 0 Å². The lowest BCUT2D eigenvalue weighted by molar-refractivity contribution is 0.154. The van der Waals surface area contributed by atoms with Crippen molar-refractivity contribution >= 4 is 0 Å². The highest BCUT2D eigenvalue weighted by molar-refractivity contribution is 5.08. The molecule has 0 bridgehead atoms. The molecule has 0 aliphatic heterocycles. The van der Waals surface area contributed by atoms with Gasteiger partial charge in [0.2, 0.25) is 5.88 Å². The molecule has 0 radical (unpaired) electrons. The molecular formula is C9H13NO2. The third kappa shape index (κ3) is 3.34. The van der Waals surface area contributed by atoms with E-state index in [9.17, 15) is 0 Å². The second kappa shape index (κ2) is 4.72. The van der Waals surface area contributed by atoms with Crippen LogP contribution in [0.25, 0.3) is 0 Å². The second-order valence-electron chi connectivity index (χ2n) is 2.65. The van der Waals surface area contributed by atoms with Crippen LogP contribution >= 0.6 is 0 Å². The first-order valence-corrected chi connectivity index (χ1v) is 4.01. The van der Waals surface area contributed by atoms with E-state index in [-0.39, 0.29) is 6.10 Å². The summed E-state index contributed by atoms with van der Waals surface area (Å²) in [4.78, 5) is 3.97. The Balaban J connectivity index is 2.25. The summed E-state index contributed by atoms with van der Waals surface area (Å²) in [7, 11) is 0. The maximum Gasteiger partial charge on any atom is 0.213 e. The summed E-state index contributed by atoms with van der Waals surface area (Å²) in [6.07, 6.45) is 2.00. The number of aliphatic hydroxyl groups is 1. The van der Waals surface area contributed by atoms with Crippen molar-refractivity contribution in [1.82, 2.24) is 4.98 Å². The molecule has 0 aliphatic rings. The first-order valence-electron chi connectivity index (χ1n) is 4.01. The summed E-state index contributed by atoms with van der Waals surface area (Å²) in [5.74, 6) is 0.609. The fourth-order valence-electron chi connectivity index (χ4n) is 0.767. The first kappa shape index (κ1) is 9.00. The van der Waals surface area contributed by atoms with E-state index in [1.54, 1.807) is 19.2 Å². The average molecular weight is 167 g/mol. The maximum atomic E-state index is 8.93. The molecule has 1 aromatic rings. The molecule has 1 unspecified atom stereocenters. The normalized spacial score (nSPS) is 12.5. The van der Waals surface area contributed by atoms with Gasteiger partial charge in [0.25, 0.3) is 0 Å². The van der Waals surface area contributed by atoms with Crippen molar-refractivity contribution < 1.29 is 9.84 Å². The standard InChI is InChI=1S/C9H13NO2/c1-8(11)5-7-12-9-4-2-3-6-10-9/h2-4,6,8,11H,5,7H2,1H3. The fourth-order valence-corrected chi connectivity index (χ4v) is 0.767. The summed E-state index contributed by atoms with van der Waals surface area (Å²) in [6, 6.07) is 5.49. The molecule has 12 heavy (non-hydrogen) atoms. The Morgan fingerprint density at radius 3 is 3.00 bits per heavy atom. The number of aliphatic hydroxyl groups excluding tert-OH is 1. The van der Waals surface area contributed by atoms with Crippen LogP contribution in [0.4, 0.5) is 0 Å². The van der Waals surface area contributed by atoms with Gasteiger partial charge in [0.05, 0.1) is 12.7 Å². The van der Waals surface area contributed by atoms with Gasteiger partial charge in [-0.2, -0.15) is 0 Å². The highest BCUT2D eigenvalue weighted by atomic mass is 16.5. The van der Waals surface area contributed by atoms with E-state index in [1.807, 2.05) is 12.1 Å². The predicted octanol–water partition coefficient (Wildman–Crippen LogP) is 1.23. The Morgan fingerprint density at radius 1 is 1.58 bits per heavy atom. The maximum absolute atomic E-state index is 8.93. The van der Waals surface area contributed by atoms with Crippen molar-refractivity contribution in [2.75, 3.05) is 6.61 Å². The van der Waals surface area contributed by atoms with Gasteiger partial charge in [-0.1, -0.05) is 6.07 Å². The molecule has 0 aromatic carbocycles. The topological polar surface area (TPSA) is 42.4 Å². The zero-order valence-electron chi connectivity index (χ0n) is 7.10. The average Bonchev–Trinajstić information content (AvgIpc) is 2.05. The smallest absolute Gasteiger partial charge is 0.213 e. The number of hydrogen-bond donors (Lipinski definition) is 1. The van der Waals surface area contributed by atoms with Crippen LogP contribution in [0.1, 0.15) is 13.3 Å². The van der Waals surface area contributed by atoms with Gasteiger partial charge in [-0.3, -0.25) is 0 Å². The highest BCUT2D eigenvalue weighted by Crippen LogP contribution is 2.03. The number of hydrogen-bond acceptors (Lipinski definition) is 3. The van der Waals surface area contributed by atoms with Crippen LogP contribution < -0.4 is 4.74 Å². The number of nitrogens with zero attached hydrogens (tertiary/aromatic N) is 1. The van der Waals surface area contributed by atoms with Crippen LogP contribution in [0, 0.1) is 0 Å². The Morgan fingerprint density at radius 2 is 2.42 bits per heavy atom. The van der Waals surface area contributed by atoms with Crippen molar-refractivity contribution in [2.24, 2.45) is 0 Å². The number of ether oxygens (including phenoxy) is 1. The number of aromatic nitrogens is 1. The van der Waals surface area contributed by atoms with Gasteiger partial charge in [0, 0.05) is 18.7 Å². The van der Waals surface area contributed by atoms with Crippen molar-refractivity contribution in [2.45, 2.75) is 19.4 Å². The van der Waals surface area contributed by atoms with Gasteiger partial charge in [-0.15, -0.1) is 0 Å². The van der Waals surface area contributed by atoms with Gasteiger partial charge < -0.3 is 9.84 Å². The van der Waals surface area contributed by atoms with E-state index in [0.29, 0.717) is 18.9 Å². The number of pyridine rings is 1. The summed E-state index contributed by atoms with van der Waals surface area (Å²) in [5, 5.41) is 8.93. The molecule has 3 nitrogen and oxygen atoms in total. The lowest BCUT2D eigenvalue weighted by atomic mass is 10.3. The zero-order valence-corrected chi connectivity index (χ0v) is 7.10. The fraction of sp³-hybridized carbons (Fsp3) is 0.444. The predicted molar refractivity (Wildman–Crippen MR) is 46.0 cm³/mol. The monoisotopic (exact) mass is 167 g/mol. The van der Waals surface area contributed by atoms with Crippen LogP contribution in [-0.2, 0) is 0 Å². The van der Waals surface area contributed by atoms with Crippen LogP contribution in [0.15, 0.2) is 24.4 Å². The number of rotatable bonds is 4. The third-order valence-corrected chi connectivity index (χ3v) is 1.42. The molecule has 1 N–H and O–H groups in total. The lowest BCUT2D eigenvalue weighted by Crippen LogP contribution is -2.07. The van der Waals surface area contributed by atoms with E-state index in [4.69, 9.17) is 9.84 Å². The van der Waals surface area contributed by atoms with E-state index >= 15 is 0 Å². The van der Waals surface area contributed by atoms with Gasteiger partial charge in [0.15, 0.2) is 0 Å². The Kier molecular flexibility index (Phi) is 3.54. The Bertz CT molecular complexity index is 211.